The fourth-order valence-corrected chi connectivity index (χ4v) is 3.19. The Balaban J connectivity index is 2.20. The van der Waals surface area contributed by atoms with Crippen molar-refractivity contribution in [3.8, 4) is 0 Å². The highest BCUT2D eigenvalue weighted by Crippen LogP contribution is 2.57. The molecule has 0 nitrogen and oxygen atoms in total. The molecular formula is C10H17. The van der Waals surface area contributed by atoms with Crippen LogP contribution in [0.1, 0.15) is 33.6 Å². The van der Waals surface area contributed by atoms with Crippen LogP contribution in [0.3, 0.4) is 0 Å². The summed E-state index contributed by atoms with van der Waals surface area (Å²) in [5.74, 6) is 2.86. The fraction of sp³-hybridized carbons (Fsp3) is 0.900. The van der Waals surface area contributed by atoms with Crippen molar-refractivity contribution in [2.75, 3.05) is 0 Å². The molecule has 0 unspecified atom stereocenters. The van der Waals surface area contributed by atoms with E-state index >= 15 is 0 Å². The van der Waals surface area contributed by atoms with Gasteiger partial charge in [0.2, 0.25) is 0 Å². The summed E-state index contributed by atoms with van der Waals surface area (Å²) in [4.78, 5) is 0. The smallest absolute Gasteiger partial charge is 0.0320 e. The number of rotatable bonds is 0. The molecule has 0 amide bonds. The van der Waals surface area contributed by atoms with E-state index < -0.39 is 0 Å². The lowest BCUT2D eigenvalue weighted by atomic mass is 9.72. The third-order valence-electron chi connectivity index (χ3n) is 3.56. The van der Waals surface area contributed by atoms with Crippen LogP contribution in [0, 0.1) is 29.6 Å². The summed E-state index contributed by atoms with van der Waals surface area (Å²) in [6, 6.07) is 0. The van der Waals surface area contributed by atoms with Crippen LogP contribution in [-0.4, -0.2) is 0 Å². The zero-order valence-electron chi connectivity index (χ0n) is 7.22. The SMILES string of the molecule is C[C@H]1[CH][C@H]2C[C@@H]1C(C)(C)C2. The van der Waals surface area contributed by atoms with Gasteiger partial charge in [0.05, 0.1) is 0 Å². The third-order valence-corrected chi connectivity index (χ3v) is 3.56. The van der Waals surface area contributed by atoms with Crippen molar-refractivity contribution in [2.24, 2.45) is 23.2 Å². The quantitative estimate of drug-likeness (QED) is 0.481. The van der Waals surface area contributed by atoms with E-state index in [0.29, 0.717) is 5.41 Å². The van der Waals surface area contributed by atoms with Gasteiger partial charge in [0.1, 0.15) is 0 Å². The van der Waals surface area contributed by atoms with E-state index in [1.54, 1.807) is 0 Å². The number of fused-ring (bicyclic) bond motifs is 2. The molecule has 0 aromatic carbocycles. The second kappa shape index (κ2) is 1.78. The van der Waals surface area contributed by atoms with Gasteiger partial charge in [0.25, 0.3) is 0 Å². The van der Waals surface area contributed by atoms with Crippen molar-refractivity contribution >= 4 is 0 Å². The predicted octanol–water partition coefficient (Wildman–Crippen LogP) is 2.89. The molecule has 0 saturated heterocycles. The van der Waals surface area contributed by atoms with Crippen LogP contribution in [0.5, 0.6) is 0 Å². The molecule has 1 radical (unpaired) electrons. The van der Waals surface area contributed by atoms with Gasteiger partial charge in [0, 0.05) is 0 Å². The standard InChI is InChI=1S/C10H17/c1-7-4-8-5-9(7)10(2,3)6-8/h4,7-9H,5-6H2,1-3H3/t7-,8-,9-/m0/s1. The lowest BCUT2D eigenvalue weighted by Crippen LogP contribution is -2.25. The molecule has 57 valence electrons. The van der Waals surface area contributed by atoms with Crippen LogP contribution in [0.4, 0.5) is 0 Å². The number of hydrogen-bond donors (Lipinski definition) is 0. The Kier molecular flexibility index (Phi) is 1.19. The molecular weight excluding hydrogens is 120 g/mol. The van der Waals surface area contributed by atoms with Gasteiger partial charge in [-0.3, -0.25) is 0 Å². The Hall–Kier alpha value is 0. The highest BCUT2D eigenvalue weighted by molar-refractivity contribution is 5.07. The first-order chi connectivity index (χ1) is 4.59. The number of hydrogen-bond acceptors (Lipinski definition) is 0. The molecule has 0 spiro atoms. The molecule has 2 fully saturated rings. The van der Waals surface area contributed by atoms with E-state index in [2.05, 4.69) is 27.2 Å². The van der Waals surface area contributed by atoms with Crippen LogP contribution in [0.2, 0.25) is 0 Å². The van der Waals surface area contributed by atoms with Gasteiger partial charge in [-0.15, -0.1) is 0 Å². The minimum absolute atomic E-state index is 0.652. The van der Waals surface area contributed by atoms with E-state index in [1.807, 2.05) is 0 Å². The largest absolute Gasteiger partial charge is 0.0619 e. The van der Waals surface area contributed by atoms with Crippen LogP contribution in [0.15, 0.2) is 0 Å². The highest BCUT2D eigenvalue weighted by Gasteiger charge is 2.48. The summed E-state index contributed by atoms with van der Waals surface area (Å²) in [5, 5.41) is 0. The zero-order chi connectivity index (χ0) is 7.35. The monoisotopic (exact) mass is 137 g/mol. The van der Waals surface area contributed by atoms with Crippen molar-refractivity contribution in [2.45, 2.75) is 33.6 Å². The van der Waals surface area contributed by atoms with E-state index in [-0.39, 0.29) is 0 Å². The molecule has 2 saturated carbocycles. The van der Waals surface area contributed by atoms with Gasteiger partial charge < -0.3 is 0 Å². The van der Waals surface area contributed by atoms with Gasteiger partial charge >= 0.3 is 0 Å². The summed E-state index contributed by atoms with van der Waals surface area (Å²) in [6.45, 7) is 7.24. The maximum Gasteiger partial charge on any atom is -0.0320 e. The normalized spacial score (nSPS) is 50.1. The predicted molar refractivity (Wildman–Crippen MR) is 43.5 cm³/mol. The minimum atomic E-state index is 0.652. The average Bonchev–Trinajstić information content (AvgIpc) is 2.18. The highest BCUT2D eigenvalue weighted by atomic mass is 14.5. The van der Waals surface area contributed by atoms with E-state index in [9.17, 15) is 0 Å². The molecule has 0 aliphatic heterocycles. The first-order valence-corrected chi connectivity index (χ1v) is 4.44. The van der Waals surface area contributed by atoms with E-state index in [1.165, 1.54) is 12.8 Å². The summed E-state index contributed by atoms with van der Waals surface area (Å²) in [7, 11) is 0. The van der Waals surface area contributed by atoms with Gasteiger partial charge in [-0.1, -0.05) is 20.8 Å². The van der Waals surface area contributed by atoms with Crippen LogP contribution >= 0.6 is 0 Å². The Bertz CT molecular complexity index is 146. The van der Waals surface area contributed by atoms with Crippen molar-refractivity contribution in [1.29, 1.82) is 0 Å². The van der Waals surface area contributed by atoms with Gasteiger partial charge in [-0.2, -0.15) is 0 Å². The topological polar surface area (TPSA) is 0 Å². The fourth-order valence-electron chi connectivity index (χ4n) is 3.19. The molecule has 0 heterocycles. The molecule has 2 rings (SSSR count). The first kappa shape index (κ1) is 6.69. The van der Waals surface area contributed by atoms with Gasteiger partial charge in [0.15, 0.2) is 0 Å². The Morgan fingerprint density at radius 1 is 1.40 bits per heavy atom. The zero-order valence-corrected chi connectivity index (χ0v) is 7.22. The van der Waals surface area contributed by atoms with E-state index in [4.69, 9.17) is 0 Å². The lowest BCUT2D eigenvalue weighted by Gasteiger charge is -2.33. The molecule has 0 heteroatoms. The van der Waals surface area contributed by atoms with Gasteiger partial charge in [-0.25, -0.2) is 0 Å². The maximum absolute atomic E-state index is 2.57. The molecule has 0 aromatic heterocycles. The summed E-state index contributed by atoms with van der Waals surface area (Å²) < 4.78 is 0. The van der Waals surface area contributed by atoms with Gasteiger partial charge in [-0.05, 0) is 42.4 Å². The molecule has 2 bridgehead atoms. The van der Waals surface area contributed by atoms with Crippen LogP contribution < -0.4 is 0 Å². The molecule has 10 heavy (non-hydrogen) atoms. The Labute approximate surface area is 64.0 Å². The average molecular weight is 137 g/mol. The second-order valence-corrected chi connectivity index (χ2v) is 4.85. The molecule has 0 aromatic rings. The molecule has 2 aliphatic rings. The van der Waals surface area contributed by atoms with Crippen molar-refractivity contribution < 1.29 is 0 Å². The third kappa shape index (κ3) is 0.741. The van der Waals surface area contributed by atoms with Crippen LogP contribution in [0.25, 0.3) is 0 Å². The lowest BCUT2D eigenvalue weighted by molar-refractivity contribution is 0.192. The molecule has 0 N–H and O–H groups in total. The van der Waals surface area contributed by atoms with Crippen molar-refractivity contribution in [3.63, 3.8) is 0 Å². The molecule has 2 aliphatic carbocycles. The molecule has 3 atom stereocenters. The Morgan fingerprint density at radius 2 is 2.10 bits per heavy atom. The summed E-state index contributed by atoms with van der Waals surface area (Å²) in [6.07, 6.45) is 5.49. The summed E-state index contributed by atoms with van der Waals surface area (Å²) >= 11 is 0. The van der Waals surface area contributed by atoms with Crippen molar-refractivity contribution in [3.05, 3.63) is 6.42 Å². The summed E-state index contributed by atoms with van der Waals surface area (Å²) in [5.41, 5.74) is 0.652. The first-order valence-electron chi connectivity index (χ1n) is 4.44. The van der Waals surface area contributed by atoms with Crippen molar-refractivity contribution in [1.82, 2.24) is 0 Å². The van der Waals surface area contributed by atoms with E-state index in [0.717, 1.165) is 17.8 Å². The minimum Gasteiger partial charge on any atom is -0.0619 e. The Morgan fingerprint density at radius 3 is 2.40 bits per heavy atom. The second-order valence-electron chi connectivity index (χ2n) is 4.85. The maximum atomic E-state index is 2.57. The van der Waals surface area contributed by atoms with Crippen LogP contribution in [-0.2, 0) is 0 Å².